The first-order chi connectivity index (χ1) is 11.5. The summed E-state index contributed by atoms with van der Waals surface area (Å²) in [4.78, 5) is 23.5. The molecule has 0 heterocycles. The summed E-state index contributed by atoms with van der Waals surface area (Å²) < 4.78 is 2.03. The Morgan fingerprint density at radius 2 is 1.79 bits per heavy atom. The van der Waals surface area contributed by atoms with Crippen LogP contribution in [-0.2, 0) is 9.59 Å². The maximum absolute atomic E-state index is 11.8. The fourth-order valence-electron chi connectivity index (χ4n) is 1.81. The standard InChI is InChI=1S/C17H15BrIN3O2/c18-13-3-1-2-12(10-13)11-20-22-17(24)9-8-16(23)21-15-6-4-14(19)5-7-15/h1-7,10-11H,8-9H2,(H,21,23)(H,22,24)/b20-11+. The third kappa shape index (κ3) is 6.79. The molecule has 7 heteroatoms. The molecular formula is C17H15BrIN3O2. The topological polar surface area (TPSA) is 70.6 Å². The zero-order chi connectivity index (χ0) is 17.4. The van der Waals surface area contributed by atoms with Gasteiger partial charge in [0, 0.05) is 26.6 Å². The fourth-order valence-corrected chi connectivity index (χ4v) is 2.58. The maximum Gasteiger partial charge on any atom is 0.240 e. The minimum Gasteiger partial charge on any atom is -0.326 e. The van der Waals surface area contributed by atoms with Crippen molar-refractivity contribution in [3.05, 3.63) is 62.1 Å². The number of nitrogens with zero attached hydrogens (tertiary/aromatic N) is 1. The van der Waals surface area contributed by atoms with E-state index in [9.17, 15) is 9.59 Å². The second-order valence-electron chi connectivity index (χ2n) is 4.90. The van der Waals surface area contributed by atoms with Gasteiger partial charge in [0.15, 0.2) is 0 Å². The minimum absolute atomic E-state index is 0.0754. The predicted octanol–water partition coefficient (Wildman–Crippen LogP) is 3.92. The van der Waals surface area contributed by atoms with E-state index in [2.05, 4.69) is 54.4 Å². The van der Waals surface area contributed by atoms with E-state index >= 15 is 0 Å². The number of benzene rings is 2. The summed E-state index contributed by atoms with van der Waals surface area (Å²) in [5.74, 6) is -0.513. The highest BCUT2D eigenvalue weighted by molar-refractivity contribution is 14.1. The molecule has 2 aromatic carbocycles. The van der Waals surface area contributed by atoms with Crippen LogP contribution >= 0.6 is 38.5 Å². The number of hydrogen-bond acceptors (Lipinski definition) is 3. The molecule has 0 saturated heterocycles. The maximum atomic E-state index is 11.8. The Labute approximate surface area is 162 Å². The molecule has 0 radical (unpaired) electrons. The molecule has 0 saturated carbocycles. The number of anilines is 1. The van der Waals surface area contributed by atoms with Gasteiger partial charge in [-0.1, -0.05) is 28.1 Å². The number of amides is 2. The van der Waals surface area contributed by atoms with E-state index in [1.54, 1.807) is 6.21 Å². The van der Waals surface area contributed by atoms with Gasteiger partial charge in [-0.05, 0) is 64.6 Å². The summed E-state index contributed by atoms with van der Waals surface area (Å²) in [6.45, 7) is 0. The van der Waals surface area contributed by atoms with Crippen molar-refractivity contribution in [2.75, 3.05) is 5.32 Å². The van der Waals surface area contributed by atoms with E-state index in [0.717, 1.165) is 13.6 Å². The lowest BCUT2D eigenvalue weighted by atomic mass is 10.2. The Balaban J connectivity index is 1.72. The minimum atomic E-state index is -0.306. The van der Waals surface area contributed by atoms with Gasteiger partial charge >= 0.3 is 0 Å². The van der Waals surface area contributed by atoms with Crippen molar-refractivity contribution >= 4 is 62.2 Å². The van der Waals surface area contributed by atoms with E-state index in [0.29, 0.717) is 5.69 Å². The van der Waals surface area contributed by atoms with Gasteiger partial charge in [-0.15, -0.1) is 0 Å². The van der Waals surface area contributed by atoms with E-state index < -0.39 is 0 Å². The van der Waals surface area contributed by atoms with Gasteiger partial charge in [0.1, 0.15) is 0 Å². The Morgan fingerprint density at radius 1 is 1.08 bits per heavy atom. The monoisotopic (exact) mass is 499 g/mol. The molecule has 0 aliphatic rings. The Morgan fingerprint density at radius 3 is 2.50 bits per heavy atom. The molecule has 0 aromatic heterocycles. The van der Waals surface area contributed by atoms with Crippen molar-refractivity contribution in [3.63, 3.8) is 0 Å². The first-order valence-electron chi connectivity index (χ1n) is 7.16. The third-order valence-corrected chi connectivity index (χ3v) is 4.17. The second kappa shape index (κ2) is 9.53. The van der Waals surface area contributed by atoms with E-state index in [-0.39, 0.29) is 24.7 Å². The van der Waals surface area contributed by atoms with Gasteiger partial charge in [0.25, 0.3) is 0 Å². The lowest BCUT2D eigenvalue weighted by Crippen LogP contribution is -2.20. The number of carbonyl (C=O) groups excluding carboxylic acids is 2. The lowest BCUT2D eigenvalue weighted by molar-refractivity contribution is -0.124. The third-order valence-electron chi connectivity index (χ3n) is 2.96. The normalized spacial score (nSPS) is 10.6. The zero-order valence-electron chi connectivity index (χ0n) is 12.6. The number of halogens is 2. The molecule has 0 fully saturated rings. The van der Waals surface area contributed by atoms with E-state index in [1.807, 2.05) is 48.5 Å². The summed E-state index contributed by atoms with van der Waals surface area (Å²) in [6, 6.07) is 15.0. The van der Waals surface area contributed by atoms with Gasteiger partial charge in [-0.2, -0.15) is 5.10 Å². The zero-order valence-corrected chi connectivity index (χ0v) is 16.4. The number of rotatable bonds is 6. The van der Waals surface area contributed by atoms with E-state index in [4.69, 9.17) is 0 Å². The van der Waals surface area contributed by atoms with Crippen LogP contribution in [0.5, 0.6) is 0 Å². The van der Waals surface area contributed by atoms with Gasteiger partial charge in [-0.3, -0.25) is 9.59 Å². The van der Waals surface area contributed by atoms with Crippen molar-refractivity contribution in [3.8, 4) is 0 Å². The van der Waals surface area contributed by atoms with Gasteiger partial charge in [-0.25, -0.2) is 5.43 Å². The number of carbonyl (C=O) groups is 2. The molecule has 2 amide bonds. The van der Waals surface area contributed by atoms with Crippen molar-refractivity contribution in [1.29, 1.82) is 0 Å². The molecule has 0 aliphatic carbocycles. The first-order valence-corrected chi connectivity index (χ1v) is 9.03. The molecule has 0 spiro atoms. The molecule has 124 valence electrons. The van der Waals surface area contributed by atoms with Crippen LogP contribution in [0, 0.1) is 3.57 Å². The molecule has 24 heavy (non-hydrogen) atoms. The van der Waals surface area contributed by atoms with E-state index in [1.165, 1.54) is 0 Å². The average Bonchev–Trinajstić information content (AvgIpc) is 2.55. The number of hydrogen-bond donors (Lipinski definition) is 2. The van der Waals surface area contributed by atoms with Gasteiger partial charge in [0.05, 0.1) is 6.21 Å². The molecule has 2 rings (SSSR count). The molecule has 2 aromatic rings. The average molecular weight is 500 g/mol. The summed E-state index contributed by atoms with van der Waals surface area (Å²) in [5, 5.41) is 6.62. The Kier molecular flexibility index (Phi) is 7.38. The molecule has 2 N–H and O–H groups in total. The van der Waals surface area contributed by atoms with Crippen LogP contribution in [-0.4, -0.2) is 18.0 Å². The molecule has 0 aliphatic heterocycles. The summed E-state index contributed by atoms with van der Waals surface area (Å²) in [6.07, 6.45) is 1.73. The summed E-state index contributed by atoms with van der Waals surface area (Å²) >= 11 is 5.55. The van der Waals surface area contributed by atoms with Crippen LogP contribution in [0.2, 0.25) is 0 Å². The largest absolute Gasteiger partial charge is 0.326 e. The highest BCUT2D eigenvalue weighted by Gasteiger charge is 2.06. The molecule has 0 bridgehead atoms. The smallest absolute Gasteiger partial charge is 0.240 e. The van der Waals surface area contributed by atoms with Crippen LogP contribution in [0.15, 0.2) is 58.1 Å². The molecular weight excluding hydrogens is 485 g/mol. The molecule has 0 unspecified atom stereocenters. The van der Waals surface area contributed by atoms with Crippen LogP contribution in [0.1, 0.15) is 18.4 Å². The van der Waals surface area contributed by atoms with Crippen molar-refractivity contribution in [2.45, 2.75) is 12.8 Å². The SMILES string of the molecule is O=C(CCC(=O)Nc1ccc(I)cc1)N/N=C/c1cccc(Br)c1. The van der Waals surface area contributed by atoms with Crippen LogP contribution in [0.25, 0.3) is 0 Å². The van der Waals surface area contributed by atoms with Crippen molar-refractivity contribution < 1.29 is 9.59 Å². The van der Waals surface area contributed by atoms with Crippen molar-refractivity contribution in [2.24, 2.45) is 5.10 Å². The highest BCUT2D eigenvalue weighted by Crippen LogP contribution is 2.12. The quantitative estimate of drug-likeness (QED) is 0.359. The Hall–Kier alpha value is -1.74. The summed E-state index contributed by atoms with van der Waals surface area (Å²) in [5.41, 5.74) is 3.99. The highest BCUT2D eigenvalue weighted by atomic mass is 127. The number of nitrogens with one attached hydrogen (secondary N) is 2. The van der Waals surface area contributed by atoms with Crippen LogP contribution < -0.4 is 10.7 Å². The van der Waals surface area contributed by atoms with Crippen LogP contribution in [0.3, 0.4) is 0 Å². The summed E-state index contributed by atoms with van der Waals surface area (Å²) in [7, 11) is 0. The van der Waals surface area contributed by atoms with Crippen molar-refractivity contribution in [1.82, 2.24) is 5.43 Å². The second-order valence-corrected chi connectivity index (χ2v) is 7.06. The fraction of sp³-hybridized carbons (Fsp3) is 0.118. The predicted molar refractivity (Wildman–Crippen MR) is 107 cm³/mol. The molecule has 0 atom stereocenters. The first kappa shape index (κ1) is 18.6. The Bertz CT molecular complexity index is 748. The molecule has 5 nitrogen and oxygen atoms in total. The van der Waals surface area contributed by atoms with Gasteiger partial charge < -0.3 is 5.32 Å². The van der Waals surface area contributed by atoms with Gasteiger partial charge in [0.2, 0.25) is 11.8 Å². The number of hydrazone groups is 1. The lowest BCUT2D eigenvalue weighted by Gasteiger charge is -2.04. The van der Waals surface area contributed by atoms with Crippen LogP contribution in [0.4, 0.5) is 5.69 Å².